The Kier molecular flexibility index (Phi) is 2.99. The Labute approximate surface area is 95.6 Å². The van der Waals surface area contributed by atoms with Gasteiger partial charge in [-0.05, 0) is 38.4 Å². The van der Waals surface area contributed by atoms with Gasteiger partial charge in [-0.3, -0.25) is 4.79 Å². The van der Waals surface area contributed by atoms with Crippen LogP contribution in [0.2, 0.25) is 0 Å². The van der Waals surface area contributed by atoms with E-state index in [9.17, 15) is 4.79 Å². The molecule has 1 atom stereocenters. The number of amides is 1. The average Bonchev–Trinajstić information content (AvgIpc) is 2.93. The Morgan fingerprint density at radius 2 is 2.20 bits per heavy atom. The number of carbonyl (C=O) groups is 1. The van der Waals surface area contributed by atoms with Gasteiger partial charge < -0.3 is 11.1 Å². The zero-order valence-electron chi connectivity index (χ0n) is 9.34. The van der Waals surface area contributed by atoms with Crippen molar-refractivity contribution in [1.29, 1.82) is 0 Å². The van der Waals surface area contributed by atoms with Gasteiger partial charge in [0, 0.05) is 17.8 Å². The van der Waals surface area contributed by atoms with Crippen molar-refractivity contribution in [1.82, 2.24) is 5.32 Å². The van der Waals surface area contributed by atoms with Crippen molar-refractivity contribution in [2.24, 2.45) is 11.1 Å². The molecule has 1 unspecified atom stereocenters. The van der Waals surface area contributed by atoms with Gasteiger partial charge in [-0.1, -0.05) is 0 Å². The Bertz CT molecular complexity index is 257. The standard InChI is InChI=1S/C11H20N2OS/c1-10(3-2-6-15-10)8-13-9(14)11(7-12)4-5-11/h2-8,12H2,1H3,(H,13,14). The Hall–Kier alpha value is -0.220. The lowest BCUT2D eigenvalue weighted by Gasteiger charge is -2.24. The molecule has 0 radical (unpaired) electrons. The maximum Gasteiger partial charge on any atom is 0.227 e. The SMILES string of the molecule is CC1(CNC(=O)C2(CN)CC2)CCCS1. The molecular formula is C11H20N2OS. The van der Waals surface area contributed by atoms with E-state index in [0.717, 1.165) is 19.4 Å². The van der Waals surface area contributed by atoms with Crippen molar-refractivity contribution in [3.63, 3.8) is 0 Å². The highest BCUT2D eigenvalue weighted by atomic mass is 32.2. The number of hydrogen-bond donors (Lipinski definition) is 2. The van der Waals surface area contributed by atoms with Gasteiger partial charge in [0.1, 0.15) is 0 Å². The van der Waals surface area contributed by atoms with Crippen LogP contribution in [-0.2, 0) is 4.79 Å². The third-order valence-corrected chi connectivity index (χ3v) is 5.19. The van der Waals surface area contributed by atoms with Crippen LogP contribution in [0, 0.1) is 5.41 Å². The summed E-state index contributed by atoms with van der Waals surface area (Å²) in [5, 5.41) is 3.08. The third kappa shape index (κ3) is 2.31. The number of nitrogens with two attached hydrogens (primary N) is 1. The van der Waals surface area contributed by atoms with Crippen molar-refractivity contribution in [2.75, 3.05) is 18.8 Å². The van der Waals surface area contributed by atoms with Crippen LogP contribution in [0.1, 0.15) is 32.6 Å². The molecule has 2 rings (SSSR count). The second kappa shape index (κ2) is 3.98. The van der Waals surface area contributed by atoms with E-state index < -0.39 is 0 Å². The van der Waals surface area contributed by atoms with Gasteiger partial charge in [-0.25, -0.2) is 0 Å². The van der Waals surface area contributed by atoms with E-state index in [0.29, 0.717) is 6.54 Å². The predicted molar refractivity (Wildman–Crippen MR) is 63.8 cm³/mol. The van der Waals surface area contributed by atoms with Gasteiger partial charge in [0.15, 0.2) is 0 Å². The summed E-state index contributed by atoms with van der Waals surface area (Å²) in [6.07, 6.45) is 4.44. The summed E-state index contributed by atoms with van der Waals surface area (Å²) in [5.41, 5.74) is 5.43. The monoisotopic (exact) mass is 228 g/mol. The molecule has 4 heteroatoms. The number of rotatable bonds is 4. The molecule has 1 aliphatic heterocycles. The molecule has 1 aliphatic carbocycles. The number of carbonyl (C=O) groups excluding carboxylic acids is 1. The molecule has 3 N–H and O–H groups in total. The second-order valence-electron chi connectivity index (χ2n) is 5.07. The minimum absolute atomic E-state index is 0.179. The van der Waals surface area contributed by atoms with Gasteiger partial charge in [-0.15, -0.1) is 0 Å². The first kappa shape index (κ1) is 11.3. The summed E-state index contributed by atoms with van der Waals surface area (Å²) in [6.45, 7) is 3.55. The maximum absolute atomic E-state index is 11.9. The largest absolute Gasteiger partial charge is 0.354 e. The number of nitrogens with one attached hydrogen (secondary N) is 1. The minimum atomic E-state index is -0.195. The molecule has 1 saturated heterocycles. The lowest BCUT2D eigenvalue weighted by molar-refractivity contribution is -0.126. The molecule has 0 aromatic heterocycles. The highest BCUT2D eigenvalue weighted by Crippen LogP contribution is 2.45. The first-order chi connectivity index (χ1) is 7.10. The fourth-order valence-corrected chi connectivity index (χ4v) is 3.35. The normalized spacial score (nSPS) is 32.7. The third-order valence-electron chi connectivity index (χ3n) is 3.65. The van der Waals surface area contributed by atoms with Crippen LogP contribution < -0.4 is 11.1 Å². The van der Waals surface area contributed by atoms with E-state index in [-0.39, 0.29) is 16.1 Å². The summed E-state index contributed by atoms with van der Waals surface area (Å²) >= 11 is 1.98. The quantitative estimate of drug-likeness (QED) is 0.758. The second-order valence-corrected chi connectivity index (χ2v) is 6.75. The number of thioether (sulfide) groups is 1. The van der Waals surface area contributed by atoms with Crippen LogP contribution in [0.15, 0.2) is 0 Å². The Morgan fingerprint density at radius 3 is 2.67 bits per heavy atom. The van der Waals surface area contributed by atoms with E-state index in [1.54, 1.807) is 0 Å². The summed E-state index contributed by atoms with van der Waals surface area (Å²) in [6, 6.07) is 0. The predicted octanol–water partition coefficient (Wildman–Crippen LogP) is 1.13. The fraction of sp³-hybridized carbons (Fsp3) is 0.909. The molecule has 0 aromatic rings. The zero-order chi connectivity index (χ0) is 10.9. The molecular weight excluding hydrogens is 208 g/mol. The van der Waals surface area contributed by atoms with Crippen molar-refractivity contribution < 1.29 is 4.79 Å². The first-order valence-corrected chi connectivity index (χ1v) is 6.71. The van der Waals surface area contributed by atoms with Crippen LogP contribution in [-0.4, -0.2) is 29.5 Å². The molecule has 1 heterocycles. The molecule has 15 heavy (non-hydrogen) atoms. The highest BCUT2D eigenvalue weighted by molar-refractivity contribution is 8.00. The molecule has 86 valence electrons. The fourth-order valence-electron chi connectivity index (χ4n) is 2.11. The van der Waals surface area contributed by atoms with Gasteiger partial charge in [0.25, 0.3) is 0 Å². The molecule has 2 aliphatic rings. The van der Waals surface area contributed by atoms with Crippen LogP contribution in [0.25, 0.3) is 0 Å². The van der Waals surface area contributed by atoms with Crippen LogP contribution in [0.4, 0.5) is 0 Å². The van der Waals surface area contributed by atoms with E-state index in [2.05, 4.69) is 12.2 Å². The molecule has 0 bridgehead atoms. The van der Waals surface area contributed by atoms with Gasteiger partial charge in [-0.2, -0.15) is 11.8 Å². The summed E-state index contributed by atoms with van der Waals surface area (Å²) in [7, 11) is 0. The van der Waals surface area contributed by atoms with E-state index in [4.69, 9.17) is 5.73 Å². The molecule has 1 saturated carbocycles. The maximum atomic E-state index is 11.9. The van der Waals surface area contributed by atoms with Crippen LogP contribution >= 0.6 is 11.8 Å². The molecule has 0 aromatic carbocycles. The van der Waals surface area contributed by atoms with Crippen molar-refractivity contribution in [2.45, 2.75) is 37.4 Å². The molecule has 0 spiro atoms. The van der Waals surface area contributed by atoms with E-state index in [1.165, 1.54) is 18.6 Å². The lowest BCUT2D eigenvalue weighted by Crippen LogP contribution is -2.42. The summed E-state index contributed by atoms with van der Waals surface area (Å²) in [5.74, 6) is 1.41. The molecule has 1 amide bonds. The summed E-state index contributed by atoms with van der Waals surface area (Å²) < 4.78 is 0.264. The van der Waals surface area contributed by atoms with Gasteiger partial charge >= 0.3 is 0 Å². The van der Waals surface area contributed by atoms with Crippen LogP contribution in [0.5, 0.6) is 0 Å². The molecule has 3 nitrogen and oxygen atoms in total. The topological polar surface area (TPSA) is 55.1 Å². The van der Waals surface area contributed by atoms with Crippen molar-refractivity contribution >= 4 is 17.7 Å². The van der Waals surface area contributed by atoms with Crippen molar-refractivity contribution in [3.05, 3.63) is 0 Å². The number of hydrogen-bond acceptors (Lipinski definition) is 3. The van der Waals surface area contributed by atoms with E-state index in [1.807, 2.05) is 11.8 Å². The summed E-state index contributed by atoms with van der Waals surface area (Å²) in [4.78, 5) is 11.9. The average molecular weight is 228 g/mol. The Morgan fingerprint density at radius 1 is 1.47 bits per heavy atom. The highest BCUT2D eigenvalue weighted by Gasteiger charge is 2.48. The zero-order valence-corrected chi connectivity index (χ0v) is 10.2. The Balaban J connectivity index is 1.80. The van der Waals surface area contributed by atoms with E-state index >= 15 is 0 Å². The van der Waals surface area contributed by atoms with Crippen molar-refractivity contribution in [3.8, 4) is 0 Å². The smallest absolute Gasteiger partial charge is 0.227 e. The lowest BCUT2D eigenvalue weighted by atomic mass is 10.0. The minimum Gasteiger partial charge on any atom is -0.354 e. The van der Waals surface area contributed by atoms with Gasteiger partial charge in [0.2, 0.25) is 5.91 Å². The molecule has 2 fully saturated rings. The van der Waals surface area contributed by atoms with Crippen LogP contribution in [0.3, 0.4) is 0 Å². The van der Waals surface area contributed by atoms with Gasteiger partial charge in [0.05, 0.1) is 5.41 Å². The first-order valence-electron chi connectivity index (χ1n) is 5.73.